The smallest absolute Gasteiger partial charge is 0.227 e. The Hall–Kier alpha value is -2.84. The number of aliphatic imine (C=N–C) groups is 1. The van der Waals surface area contributed by atoms with Crippen LogP contribution >= 0.6 is 31.9 Å². The summed E-state index contributed by atoms with van der Waals surface area (Å²) in [5, 5.41) is 10.4. The number of hydrogen-bond donors (Lipinski definition) is 1. The topological polar surface area (TPSA) is 77.1 Å². The van der Waals surface area contributed by atoms with Crippen LogP contribution in [-0.4, -0.2) is 30.5 Å². The minimum absolute atomic E-state index is 0.000584. The second kappa shape index (κ2) is 8.49. The summed E-state index contributed by atoms with van der Waals surface area (Å²) in [4.78, 5) is 9.04. The van der Waals surface area contributed by atoms with Crippen LogP contribution in [0.2, 0.25) is 0 Å². The first-order valence-electron chi connectivity index (χ1n) is 8.84. The third-order valence-electron chi connectivity index (χ3n) is 4.46. The highest BCUT2D eigenvalue weighted by molar-refractivity contribution is 9.13. The summed E-state index contributed by atoms with van der Waals surface area (Å²) in [5.74, 6) is 1.64. The Morgan fingerprint density at radius 2 is 1.80 bits per heavy atom. The molecule has 1 heterocycles. The van der Waals surface area contributed by atoms with Crippen LogP contribution in [0.4, 0.5) is 5.69 Å². The molecule has 0 aliphatic heterocycles. The van der Waals surface area contributed by atoms with E-state index in [4.69, 9.17) is 13.9 Å². The van der Waals surface area contributed by atoms with Crippen molar-refractivity contribution in [3.8, 4) is 28.7 Å². The molecular weight excluding hydrogens is 516 g/mol. The van der Waals surface area contributed by atoms with Crippen molar-refractivity contribution in [1.29, 1.82) is 0 Å². The van der Waals surface area contributed by atoms with E-state index in [1.54, 1.807) is 19.4 Å². The van der Waals surface area contributed by atoms with Gasteiger partial charge >= 0.3 is 0 Å². The van der Waals surface area contributed by atoms with E-state index >= 15 is 0 Å². The molecule has 8 heteroatoms. The minimum Gasteiger partial charge on any atom is -0.504 e. The van der Waals surface area contributed by atoms with Crippen molar-refractivity contribution in [3.63, 3.8) is 0 Å². The van der Waals surface area contributed by atoms with Gasteiger partial charge in [-0.15, -0.1) is 0 Å². The van der Waals surface area contributed by atoms with Gasteiger partial charge in [-0.2, -0.15) is 0 Å². The zero-order valence-corrected chi connectivity index (χ0v) is 19.2. The first kappa shape index (κ1) is 20.4. The average molecular weight is 532 g/mol. The van der Waals surface area contributed by atoms with Gasteiger partial charge in [0, 0.05) is 20.7 Å². The first-order chi connectivity index (χ1) is 14.5. The Balaban J connectivity index is 1.67. The highest BCUT2D eigenvalue weighted by atomic mass is 79.9. The van der Waals surface area contributed by atoms with E-state index in [1.807, 2.05) is 42.5 Å². The molecule has 30 heavy (non-hydrogen) atoms. The van der Waals surface area contributed by atoms with Crippen LogP contribution < -0.4 is 9.47 Å². The number of benzene rings is 3. The second-order valence-corrected chi connectivity index (χ2v) is 7.94. The van der Waals surface area contributed by atoms with Gasteiger partial charge in [-0.3, -0.25) is 4.99 Å². The molecule has 4 rings (SSSR count). The van der Waals surface area contributed by atoms with Crippen molar-refractivity contribution in [3.05, 3.63) is 63.0 Å². The van der Waals surface area contributed by atoms with Gasteiger partial charge in [-0.25, -0.2) is 4.98 Å². The predicted molar refractivity (Wildman–Crippen MR) is 123 cm³/mol. The Labute approximate surface area is 189 Å². The van der Waals surface area contributed by atoms with Crippen LogP contribution in [0.15, 0.2) is 66.9 Å². The van der Waals surface area contributed by atoms with Crippen molar-refractivity contribution < 1.29 is 19.0 Å². The van der Waals surface area contributed by atoms with Crippen molar-refractivity contribution in [1.82, 2.24) is 4.98 Å². The van der Waals surface area contributed by atoms with Crippen LogP contribution in [0.5, 0.6) is 17.2 Å². The molecule has 0 atom stereocenters. The fraction of sp³-hybridized carbons (Fsp3) is 0.0909. The largest absolute Gasteiger partial charge is 0.504 e. The normalized spacial score (nSPS) is 11.3. The Morgan fingerprint density at radius 1 is 1.03 bits per heavy atom. The number of hydrogen-bond acceptors (Lipinski definition) is 6. The molecule has 0 unspecified atom stereocenters. The number of fused-ring (bicyclic) bond motifs is 1. The van der Waals surface area contributed by atoms with Gasteiger partial charge < -0.3 is 19.0 Å². The number of rotatable bonds is 5. The number of methoxy groups -OCH3 is 2. The molecular formula is C22H16Br2N2O4. The maximum absolute atomic E-state index is 10.4. The lowest BCUT2D eigenvalue weighted by atomic mass is 10.2. The van der Waals surface area contributed by atoms with E-state index in [9.17, 15) is 5.11 Å². The molecule has 0 aliphatic carbocycles. The van der Waals surface area contributed by atoms with Crippen molar-refractivity contribution in [2.45, 2.75) is 0 Å². The van der Waals surface area contributed by atoms with E-state index in [2.05, 4.69) is 41.8 Å². The summed E-state index contributed by atoms with van der Waals surface area (Å²) in [6.07, 6.45) is 1.57. The molecule has 1 N–H and O–H groups in total. The number of aromatic hydroxyl groups is 1. The summed E-state index contributed by atoms with van der Waals surface area (Å²) in [5.41, 5.74) is 3.37. The molecule has 4 aromatic rings. The molecule has 0 saturated heterocycles. The van der Waals surface area contributed by atoms with Crippen LogP contribution in [0.3, 0.4) is 0 Å². The maximum Gasteiger partial charge on any atom is 0.227 e. The monoisotopic (exact) mass is 530 g/mol. The summed E-state index contributed by atoms with van der Waals surface area (Å²) >= 11 is 6.89. The lowest BCUT2D eigenvalue weighted by Gasteiger charge is -2.09. The van der Waals surface area contributed by atoms with Crippen molar-refractivity contribution >= 4 is 54.9 Å². The van der Waals surface area contributed by atoms with E-state index < -0.39 is 0 Å². The van der Waals surface area contributed by atoms with Crippen LogP contribution in [0, 0.1) is 0 Å². The molecule has 152 valence electrons. The lowest BCUT2D eigenvalue weighted by molar-refractivity contribution is 0.372. The summed E-state index contributed by atoms with van der Waals surface area (Å²) < 4.78 is 17.7. The molecule has 6 nitrogen and oxygen atoms in total. The van der Waals surface area contributed by atoms with Crippen LogP contribution in [0.1, 0.15) is 5.56 Å². The molecule has 0 saturated carbocycles. The van der Waals surface area contributed by atoms with Gasteiger partial charge in [-0.1, -0.05) is 0 Å². The third-order valence-corrected chi connectivity index (χ3v) is 6.48. The molecule has 0 aliphatic rings. The Kier molecular flexibility index (Phi) is 5.78. The Bertz CT molecular complexity index is 1250. The minimum atomic E-state index is 0.000584. The number of ether oxygens (including phenoxy) is 2. The van der Waals surface area contributed by atoms with Crippen molar-refractivity contribution in [2.24, 2.45) is 4.99 Å². The van der Waals surface area contributed by atoms with Crippen molar-refractivity contribution in [2.75, 3.05) is 14.2 Å². The lowest BCUT2D eigenvalue weighted by Crippen LogP contribution is -1.91. The fourth-order valence-corrected chi connectivity index (χ4v) is 3.70. The highest BCUT2D eigenvalue weighted by Crippen LogP contribution is 2.39. The zero-order chi connectivity index (χ0) is 21.3. The number of aromatic nitrogens is 1. The molecule has 0 fully saturated rings. The number of phenolic OH excluding ortho intramolecular Hbond substituents is 1. The SMILES string of the molecule is COc1ccc(-c2nc3cc(N=Cc4c(O)c(OC)cc(Br)c4Br)ccc3o2)cc1. The molecule has 1 aromatic heterocycles. The average Bonchev–Trinajstić information content (AvgIpc) is 3.19. The summed E-state index contributed by atoms with van der Waals surface area (Å²) in [7, 11) is 3.12. The summed E-state index contributed by atoms with van der Waals surface area (Å²) in [6, 6.07) is 14.6. The summed E-state index contributed by atoms with van der Waals surface area (Å²) in [6.45, 7) is 0. The molecule has 3 aromatic carbocycles. The fourth-order valence-electron chi connectivity index (χ4n) is 2.88. The molecule has 0 spiro atoms. The van der Waals surface area contributed by atoms with E-state index in [-0.39, 0.29) is 5.75 Å². The molecule has 0 bridgehead atoms. The van der Waals surface area contributed by atoms with Crippen LogP contribution in [0.25, 0.3) is 22.6 Å². The van der Waals surface area contributed by atoms with Gasteiger partial charge in [0.05, 0.1) is 25.5 Å². The van der Waals surface area contributed by atoms with Gasteiger partial charge in [0.25, 0.3) is 0 Å². The highest BCUT2D eigenvalue weighted by Gasteiger charge is 2.14. The van der Waals surface area contributed by atoms with E-state index in [1.165, 1.54) is 7.11 Å². The number of nitrogens with zero attached hydrogens (tertiary/aromatic N) is 2. The van der Waals surface area contributed by atoms with E-state index in [0.717, 1.165) is 15.8 Å². The van der Waals surface area contributed by atoms with Gasteiger partial charge in [0.2, 0.25) is 5.89 Å². The van der Waals surface area contributed by atoms with Crippen LogP contribution in [-0.2, 0) is 0 Å². The standard InChI is InChI=1S/C22H16Br2N2O4/c1-28-14-6-3-12(4-7-14)22-26-17-9-13(5-8-18(17)30-22)25-11-15-20(24)16(23)10-19(29-2)21(15)27/h3-11,27H,1-2H3. The number of phenols is 1. The molecule has 0 radical (unpaired) electrons. The number of oxazole rings is 1. The Morgan fingerprint density at radius 3 is 2.50 bits per heavy atom. The van der Waals surface area contributed by atoms with Gasteiger partial charge in [-0.05, 0) is 80.4 Å². The second-order valence-electron chi connectivity index (χ2n) is 6.29. The van der Waals surface area contributed by atoms with E-state index in [0.29, 0.717) is 38.5 Å². The molecule has 0 amide bonds. The van der Waals surface area contributed by atoms with Gasteiger partial charge in [0.15, 0.2) is 17.1 Å². The third kappa shape index (κ3) is 3.93. The predicted octanol–water partition coefficient (Wildman–Crippen LogP) is 6.49. The zero-order valence-electron chi connectivity index (χ0n) is 16.0. The quantitative estimate of drug-likeness (QED) is 0.298. The first-order valence-corrected chi connectivity index (χ1v) is 10.4. The van der Waals surface area contributed by atoms with Gasteiger partial charge in [0.1, 0.15) is 11.3 Å². The maximum atomic E-state index is 10.4. The number of halogens is 2.